The Morgan fingerprint density at radius 3 is 1.93 bits per heavy atom. The Labute approximate surface area is 163 Å². The summed E-state index contributed by atoms with van der Waals surface area (Å²) in [5, 5.41) is 4.69. The third-order valence-corrected chi connectivity index (χ3v) is 3.42. The molecule has 0 aromatic heterocycles. The number of esters is 1. The summed E-state index contributed by atoms with van der Waals surface area (Å²) in [7, 11) is 0. The zero-order chi connectivity index (χ0) is 22.0. The number of nitrogens with zero attached hydrogens (tertiary/aromatic N) is 2. The first-order valence-corrected chi connectivity index (χ1v) is 8.39. The number of carbonyl (C=O) groups is 2. The van der Waals surface area contributed by atoms with E-state index in [1.807, 2.05) is 0 Å². The molecular formula is C17H19F5N2O5. The molecule has 0 unspecified atom stereocenters. The Bertz CT molecular complexity index is 718. The van der Waals surface area contributed by atoms with Crippen molar-refractivity contribution in [1.29, 1.82) is 0 Å². The van der Waals surface area contributed by atoms with Gasteiger partial charge in [-0.25, -0.2) is 18.2 Å². The number of halogens is 5. The van der Waals surface area contributed by atoms with Crippen LogP contribution in [0.25, 0.3) is 0 Å². The van der Waals surface area contributed by atoms with Crippen LogP contribution in [-0.2, 0) is 19.1 Å². The van der Waals surface area contributed by atoms with E-state index in [4.69, 9.17) is 9.47 Å². The molecule has 0 radical (unpaired) electrons. The number of hydrogen-bond donors (Lipinski definition) is 0. The van der Waals surface area contributed by atoms with Crippen LogP contribution in [0, 0.1) is 29.1 Å². The van der Waals surface area contributed by atoms with Crippen LogP contribution in [-0.4, -0.2) is 56.6 Å². The van der Waals surface area contributed by atoms with Gasteiger partial charge in [-0.3, -0.25) is 9.59 Å². The van der Waals surface area contributed by atoms with Crippen LogP contribution in [0.3, 0.4) is 0 Å². The highest BCUT2D eigenvalue weighted by Crippen LogP contribution is 2.29. The third-order valence-electron chi connectivity index (χ3n) is 3.42. The monoisotopic (exact) mass is 426 g/mol. The molecule has 0 heterocycles. The van der Waals surface area contributed by atoms with Gasteiger partial charge in [0.2, 0.25) is 40.7 Å². The van der Waals surface area contributed by atoms with Crippen molar-refractivity contribution in [3.8, 4) is 5.75 Å². The van der Waals surface area contributed by atoms with Gasteiger partial charge in [0, 0.05) is 13.1 Å². The highest BCUT2D eigenvalue weighted by Gasteiger charge is 2.28. The maximum absolute atomic E-state index is 13.4. The van der Waals surface area contributed by atoms with Gasteiger partial charge in [-0.15, -0.1) is 0 Å². The van der Waals surface area contributed by atoms with Crippen LogP contribution < -0.4 is 4.74 Å². The van der Waals surface area contributed by atoms with E-state index in [9.17, 15) is 31.5 Å². The molecule has 0 aliphatic heterocycles. The Morgan fingerprint density at radius 2 is 1.41 bits per heavy atom. The molecule has 0 saturated carbocycles. The molecule has 1 aromatic carbocycles. The fourth-order valence-electron chi connectivity index (χ4n) is 1.92. The Morgan fingerprint density at radius 1 is 0.897 bits per heavy atom. The lowest BCUT2D eigenvalue weighted by Gasteiger charge is -2.15. The van der Waals surface area contributed by atoms with Gasteiger partial charge in [0.25, 0.3) is 0 Å². The zero-order valence-corrected chi connectivity index (χ0v) is 15.5. The molecule has 0 spiro atoms. The molecule has 0 aliphatic carbocycles. The Balaban J connectivity index is 2.29. The van der Waals surface area contributed by atoms with Crippen molar-refractivity contribution in [3.63, 3.8) is 0 Å². The SMILES string of the molecule is C=NN(CCOCCOCCC(=O)Oc1c(F)c(F)c(F)c(F)c1F)C(=O)CC. The molecule has 162 valence electrons. The van der Waals surface area contributed by atoms with Gasteiger partial charge >= 0.3 is 5.97 Å². The largest absolute Gasteiger partial charge is 0.420 e. The number of amides is 1. The minimum atomic E-state index is -2.35. The topological polar surface area (TPSA) is 77.4 Å². The van der Waals surface area contributed by atoms with Gasteiger partial charge in [-0.2, -0.15) is 13.9 Å². The molecule has 29 heavy (non-hydrogen) atoms. The molecule has 0 saturated heterocycles. The second kappa shape index (κ2) is 12.1. The number of ether oxygens (including phenoxy) is 3. The van der Waals surface area contributed by atoms with Crippen molar-refractivity contribution in [2.24, 2.45) is 5.10 Å². The number of carbonyl (C=O) groups excluding carboxylic acids is 2. The van der Waals surface area contributed by atoms with Gasteiger partial charge in [0.1, 0.15) is 0 Å². The van der Waals surface area contributed by atoms with Crippen LogP contribution in [0.5, 0.6) is 5.75 Å². The van der Waals surface area contributed by atoms with E-state index in [1.54, 1.807) is 6.92 Å². The van der Waals surface area contributed by atoms with E-state index >= 15 is 0 Å². The Kier molecular flexibility index (Phi) is 10.2. The van der Waals surface area contributed by atoms with Gasteiger partial charge in [-0.05, 0) is 0 Å². The van der Waals surface area contributed by atoms with E-state index in [2.05, 4.69) is 16.6 Å². The molecule has 1 amide bonds. The summed E-state index contributed by atoms with van der Waals surface area (Å²) in [4.78, 5) is 22.9. The van der Waals surface area contributed by atoms with E-state index in [1.165, 1.54) is 0 Å². The lowest BCUT2D eigenvalue weighted by atomic mass is 10.2. The summed E-state index contributed by atoms with van der Waals surface area (Å²) in [5.41, 5.74) is 0. The molecule has 12 heteroatoms. The molecule has 7 nitrogen and oxygen atoms in total. The molecule has 0 atom stereocenters. The van der Waals surface area contributed by atoms with Gasteiger partial charge in [0.05, 0.1) is 39.4 Å². The predicted octanol–water partition coefficient (Wildman–Crippen LogP) is 2.57. The van der Waals surface area contributed by atoms with Gasteiger partial charge in [0.15, 0.2) is 0 Å². The first-order chi connectivity index (χ1) is 13.7. The van der Waals surface area contributed by atoms with E-state index < -0.39 is 47.2 Å². The van der Waals surface area contributed by atoms with Crippen molar-refractivity contribution < 1.29 is 45.8 Å². The van der Waals surface area contributed by atoms with E-state index in [0.29, 0.717) is 0 Å². The Hall–Kier alpha value is -2.60. The molecular weight excluding hydrogens is 407 g/mol. The van der Waals surface area contributed by atoms with Crippen molar-refractivity contribution in [2.45, 2.75) is 19.8 Å². The smallest absolute Gasteiger partial charge is 0.313 e. The van der Waals surface area contributed by atoms with Crippen LogP contribution in [0.2, 0.25) is 0 Å². The second-order valence-electron chi connectivity index (χ2n) is 5.36. The summed E-state index contributed by atoms with van der Waals surface area (Å²) >= 11 is 0. The van der Waals surface area contributed by atoms with Crippen molar-refractivity contribution in [1.82, 2.24) is 5.01 Å². The standard InChI is InChI=1S/C17H19F5N2O5/c1-3-10(25)24(23-2)5-7-28-9-8-27-6-4-11(26)29-17-15(21)13(19)12(18)14(20)16(17)22/h2-9H2,1H3. The summed E-state index contributed by atoms with van der Waals surface area (Å²) in [5.74, 6) is -14.4. The third kappa shape index (κ3) is 7.06. The number of benzene rings is 1. The van der Waals surface area contributed by atoms with Crippen molar-refractivity contribution >= 4 is 18.6 Å². The van der Waals surface area contributed by atoms with Crippen molar-refractivity contribution in [3.05, 3.63) is 29.1 Å². The summed E-state index contributed by atoms with van der Waals surface area (Å²) in [6.07, 6.45) is -0.234. The summed E-state index contributed by atoms with van der Waals surface area (Å²) < 4.78 is 80.2. The second-order valence-corrected chi connectivity index (χ2v) is 5.36. The lowest BCUT2D eigenvalue weighted by Crippen LogP contribution is -2.28. The molecule has 0 bridgehead atoms. The fourth-order valence-corrected chi connectivity index (χ4v) is 1.92. The predicted molar refractivity (Wildman–Crippen MR) is 89.7 cm³/mol. The molecule has 0 fully saturated rings. The molecule has 0 N–H and O–H groups in total. The molecule has 1 rings (SSSR count). The lowest BCUT2D eigenvalue weighted by molar-refractivity contribution is -0.136. The van der Waals surface area contributed by atoms with E-state index in [0.717, 1.165) is 5.01 Å². The number of hydrazone groups is 1. The summed E-state index contributed by atoms with van der Waals surface area (Å²) in [6.45, 7) is 5.21. The maximum atomic E-state index is 13.4. The van der Waals surface area contributed by atoms with Crippen LogP contribution in [0.1, 0.15) is 19.8 Å². The quantitative estimate of drug-likeness (QED) is 0.0751. The van der Waals surface area contributed by atoms with E-state index in [-0.39, 0.29) is 45.3 Å². The van der Waals surface area contributed by atoms with Crippen LogP contribution >= 0.6 is 0 Å². The maximum Gasteiger partial charge on any atom is 0.313 e. The highest BCUT2D eigenvalue weighted by atomic mass is 19.2. The molecule has 0 aliphatic rings. The van der Waals surface area contributed by atoms with Crippen LogP contribution in [0.4, 0.5) is 22.0 Å². The minimum absolute atomic E-state index is 0.0407. The highest BCUT2D eigenvalue weighted by molar-refractivity contribution is 5.75. The average Bonchev–Trinajstić information content (AvgIpc) is 2.72. The fraction of sp³-hybridized carbons (Fsp3) is 0.471. The van der Waals surface area contributed by atoms with Crippen LogP contribution in [0.15, 0.2) is 5.10 Å². The first-order valence-electron chi connectivity index (χ1n) is 8.39. The number of hydrogen-bond acceptors (Lipinski definition) is 6. The average molecular weight is 426 g/mol. The summed E-state index contributed by atoms with van der Waals surface area (Å²) in [6, 6.07) is 0. The van der Waals surface area contributed by atoms with Crippen molar-refractivity contribution in [2.75, 3.05) is 33.0 Å². The number of rotatable bonds is 12. The van der Waals surface area contributed by atoms with Gasteiger partial charge < -0.3 is 14.2 Å². The normalized spacial score (nSPS) is 10.7. The minimum Gasteiger partial charge on any atom is -0.420 e. The first kappa shape index (κ1) is 24.4. The molecule has 1 aromatic rings. The zero-order valence-electron chi connectivity index (χ0n) is 15.5. The van der Waals surface area contributed by atoms with Gasteiger partial charge in [-0.1, -0.05) is 6.92 Å².